The van der Waals surface area contributed by atoms with Crippen LogP contribution in [-0.2, 0) is 6.42 Å². The van der Waals surface area contributed by atoms with Crippen LogP contribution in [0.4, 0.5) is 5.13 Å². The van der Waals surface area contributed by atoms with Crippen LogP contribution in [0, 0.1) is 0 Å². The van der Waals surface area contributed by atoms with Crippen LogP contribution in [0.3, 0.4) is 0 Å². The Labute approximate surface area is 129 Å². The normalized spacial score (nSPS) is 12.1. The quantitative estimate of drug-likeness (QED) is 0.784. The van der Waals surface area contributed by atoms with Gasteiger partial charge in [0, 0.05) is 36.1 Å². The lowest BCUT2D eigenvalue weighted by molar-refractivity contribution is 0.410. The maximum Gasteiger partial charge on any atom is 0.202 e. The van der Waals surface area contributed by atoms with Crippen LogP contribution in [0.25, 0.3) is 0 Å². The monoisotopic (exact) mass is 306 g/mol. The summed E-state index contributed by atoms with van der Waals surface area (Å²) < 4.78 is 9.76. The summed E-state index contributed by atoms with van der Waals surface area (Å²) in [5, 5.41) is 4.19. The van der Waals surface area contributed by atoms with E-state index in [1.54, 1.807) is 7.11 Å². The Morgan fingerprint density at radius 2 is 2.19 bits per heavy atom. The fourth-order valence-corrected chi connectivity index (χ4v) is 2.84. The van der Waals surface area contributed by atoms with Crippen molar-refractivity contribution in [3.05, 3.63) is 35.7 Å². The first-order valence-electron chi connectivity index (χ1n) is 7.17. The SMILES string of the molecule is CCCC(CN)Nc1nc(Cc2ccccc2OC)ns1. The van der Waals surface area contributed by atoms with Gasteiger partial charge in [-0.15, -0.1) is 0 Å². The Bertz CT molecular complexity index is 558. The highest BCUT2D eigenvalue weighted by Crippen LogP contribution is 2.22. The Balaban J connectivity index is 2.03. The Morgan fingerprint density at radius 1 is 1.38 bits per heavy atom. The molecule has 0 amide bonds. The van der Waals surface area contributed by atoms with Crippen LogP contribution >= 0.6 is 11.5 Å². The van der Waals surface area contributed by atoms with E-state index in [0.29, 0.717) is 13.0 Å². The van der Waals surface area contributed by atoms with Gasteiger partial charge < -0.3 is 15.8 Å². The molecule has 1 heterocycles. The highest BCUT2D eigenvalue weighted by molar-refractivity contribution is 7.09. The van der Waals surface area contributed by atoms with Crippen molar-refractivity contribution in [1.82, 2.24) is 9.36 Å². The Kier molecular flexibility index (Phi) is 5.95. The van der Waals surface area contributed by atoms with Gasteiger partial charge in [-0.2, -0.15) is 4.37 Å². The first-order valence-corrected chi connectivity index (χ1v) is 7.95. The number of hydrogen-bond donors (Lipinski definition) is 2. The van der Waals surface area contributed by atoms with E-state index in [1.165, 1.54) is 11.5 Å². The van der Waals surface area contributed by atoms with Gasteiger partial charge in [-0.25, -0.2) is 4.98 Å². The topological polar surface area (TPSA) is 73.1 Å². The van der Waals surface area contributed by atoms with Crippen LogP contribution in [0.1, 0.15) is 31.2 Å². The molecular weight excluding hydrogens is 284 g/mol. The molecule has 1 unspecified atom stereocenters. The summed E-state index contributed by atoms with van der Waals surface area (Å²) in [6.45, 7) is 2.76. The fourth-order valence-electron chi connectivity index (χ4n) is 2.18. The number of hydrogen-bond acceptors (Lipinski definition) is 6. The largest absolute Gasteiger partial charge is 0.496 e. The molecule has 5 nitrogen and oxygen atoms in total. The molecule has 0 saturated carbocycles. The smallest absolute Gasteiger partial charge is 0.202 e. The third-order valence-electron chi connectivity index (χ3n) is 3.26. The predicted molar refractivity (Wildman–Crippen MR) is 87.1 cm³/mol. The van der Waals surface area contributed by atoms with Gasteiger partial charge in [-0.3, -0.25) is 0 Å². The van der Waals surface area contributed by atoms with Gasteiger partial charge in [-0.1, -0.05) is 31.5 Å². The van der Waals surface area contributed by atoms with Crippen molar-refractivity contribution in [1.29, 1.82) is 0 Å². The van der Waals surface area contributed by atoms with Crippen LogP contribution in [0.2, 0.25) is 0 Å². The standard InChI is InChI=1S/C15H22N4OS/c1-3-6-12(10-16)17-15-18-14(19-21-15)9-11-7-4-5-8-13(11)20-2/h4-5,7-8,12H,3,6,9-10,16H2,1-2H3,(H,17,18,19). The van der Waals surface area contributed by atoms with E-state index in [4.69, 9.17) is 10.5 Å². The maximum absolute atomic E-state index is 5.75. The van der Waals surface area contributed by atoms with Gasteiger partial charge in [0.1, 0.15) is 11.6 Å². The van der Waals surface area contributed by atoms with E-state index in [-0.39, 0.29) is 6.04 Å². The zero-order chi connectivity index (χ0) is 15.1. The number of nitrogens with two attached hydrogens (primary N) is 1. The molecule has 0 fully saturated rings. The van der Waals surface area contributed by atoms with Crippen molar-refractivity contribution in [2.75, 3.05) is 19.0 Å². The maximum atomic E-state index is 5.75. The van der Waals surface area contributed by atoms with Gasteiger partial charge in [0.2, 0.25) is 5.13 Å². The van der Waals surface area contributed by atoms with Crippen molar-refractivity contribution in [3.8, 4) is 5.75 Å². The number of rotatable bonds is 8. The van der Waals surface area contributed by atoms with E-state index in [2.05, 4.69) is 21.6 Å². The zero-order valence-corrected chi connectivity index (χ0v) is 13.3. The van der Waals surface area contributed by atoms with Crippen molar-refractivity contribution < 1.29 is 4.74 Å². The number of nitrogens with one attached hydrogen (secondary N) is 1. The molecule has 0 radical (unpaired) electrons. The van der Waals surface area contributed by atoms with E-state index < -0.39 is 0 Å². The molecule has 1 atom stereocenters. The summed E-state index contributed by atoms with van der Waals surface area (Å²) in [5.41, 5.74) is 6.84. The molecule has 1 aromatic heterocycles. The minimum atomic E-state index is 0.266. The molecule has 0 aliphatic carbocycles. The molecule has 0 bridgehead atoms. The second-order valence-electron chi connectivity index (χ2n) is 4.87. The summed E-state index contributed by atoms with van der Waals surface area (Å²) in [6.07, 6.45) is 2.81. The summed E-state index contributed by atoms with van der Waals surface area (Å²) in [6, 6.07) is 8.21. The lowest BCUT2D eigenvalue weighted by atomic mass is 10.1. The van der Waals surface area contributed by atoms with Crippen LogP contribution in [0.5, 0.6) is 5.75 Å². The molecule has 0 aliphatic heterocycles. The number of methoxy groups -OCH3 is 1. The van der Waals surface area contributed by atoms with E-state index in [1.807, 2.05) is 24.3 Å². The molecule has 3 N–H and O–H groups in total. The predicted octanol–water partition coefficient (Wildman–Crippen LogP) is 2.68. The van der Waals surface area contributed by atoms with Gasteiger partial charge in [0.05, 0.1) is 7.11 Å². The second-order valence-corrected chi connectivity index (χ2v) is 5.62. The Hall–Kier alpha value is -1.66. The summed E-state index contributed by atoms with van der Waals surface area (Å²) in [4.78, 5) is 4.54. The number of benzene rings is 1. The van der Waals surface area contributed by atoms with E-state index in [0.717, 1.165) is 35.1 Å². The minimum absolute atomic E-state index is 0.266. The number of nitrogens with zero attached hydrogens (tertiary/aromatic N) is 2. The fraction of sp³-hybridized carbons (Fsp3) is 0.467. The molecule has 0 saturated heterocycles. The van der Waals surface area contributed by atoms with Gasteiger partial charge in [-0.05, 0) is 12.5 Å². The molecule has 6 heteroatoms. The molecule has 114 valence electrons. The average molecular weight is 306 g/mol. The van der Waals surface area contributed by atoms with Gasteiger partial charge in [0.15, 0.2) is 0 Å². The molecule has 2 rings (SSSR count). The van der Waals surface area contributed by atoms with Crippen LogP contribution in [0.15, 0.2) is 24.3 Å². The van der Waals surface area contributed by atoms with Crippen molar-refractivity contribution >= 4 is 16.7 Å². The zero-order valence-electron chi connectivity index (χ0n) is 12.5. The number of anilines is 1. The van der Waals surface area contributed by atoms with Crippen molar-refractivity contribution in [3.63, 3.8) is 0 Å². The van der Waals surface area contributed by atoms with Crippen molar-refractivity contribution in [2.45, 2.75) is 32.2 Å². The van der Waals surface area contributed by atoms with Crippen molar-refractivity contribution in [2.24, 2.45) is 5.73 Å². The first kappa shape index (κ1) is 15.7. The summed E-state index contributed by atoms with van der Waals surface area (Å²) in [5.74, 6) is 1.67. The van der Waals surface area contributed by atoms with Crippen LogP contribution < -0.4 is 15.8 Å². The highest BCUT2D eigenvalue weighted by Gasteiger charge is 2.11. The van der Waals surface area contributed by atoms with E-state index >= 15 is 0 Å². The number of para-hydroxylation sites is 1. The summed E-state index contributed by atoms with van der Waals surface area (Å²) >= 11 is 1.38. The minimum Gasteiger partial charge on any atom is -0.496 e. The first-order chi connectivity index (χ1) is 10.3. The lowest BCUT2D eigenvalue weighted by Gasteiger charge is -2.14. The van der Waals surface area contributed by atoms with Crippen LogP contribution in [-0.4, -0.2) is 29.1 Å². The number of ether oxygens (including phenoxy) is 1. The number of aromatic nitrogens is 2. The molecule has 2 aromatic rings. The average Bonchev–Trinajstić information content (AvgIpc) is 2.94. The third-order valence-corrected chi connectivity index (χ3v) is 3.94. The summed E-state index contributed by atoms with van der Waals surface area (Å²) in [7, 11) is 1.68. The third kappa shape index (κ3) is 4.41. The molecule has 1 aromatic carbocycles. The Morgan fingerprint density at radius 3 is 2.90 bits per heavy atom. The second kappa shape index (κ2) is 7.95. The van der Waals surface area contributed by atoms with Gasteiger partial charge >= 0.3 is 0 Å². The van der Waals surface area contributed by atoms with Gasteiger partial charge in [0.25, 0.3) is 0 Å². The lowest BCUT2D eigenvalue weighted by Crippen LogP contribution is -2.28. The molecule has 0 aliphatic rings. The molecular formula is C15H22N4OS. The highest BCUT2D eigenvalue weighted by atomic mass is 32.1. The van der Waals surface area contributed by atoms with E-state index in [9.17, 15) is 0 Å². The molecule has 21 heavy (non-hydrogen) atoms. The molecule has 0 spiro atoms.